The summed E-state index contributed by atoms with van der Waals surface area (Å²) >= 11 is 0. The second-order valence-electron chi connectivity index (χ2n) is 2.73. The molecule has 0 saturated carbocycles. The first-order valence-corrected chi connectivity index (χ1v) is 4.17. The van der Waals surface area contributed by atoms with Gasteiger partial charge in [-0.15, -0.1) is 0 Å². The van der Waals surface area contributed by atoms with Crippen LogP contribution >= 0.6 is 0 Å². The summed E-state index contributed by atoms with van der Waals surface area (Å²) in [7, 11) is 0. The predicted octanol–water partition coefficient (Wildman–Crippen LogP) is 1.05. The van der Waals surface area contributed by atoms with Crippen LogP contribution in [-0.4, -0.2) is 22.9 Å². The molecule has 1 aromatic rings. The molecule has 0 amide bonds. The van der Waals surface area contributed by atoms with E-state index >= 15 is 0 Å². The van der Waals surface area contributed by atoms with E-state index in [1.807, 2.05) is 16.9 Å². The third-order valence-electron chi connectivity index (χ3n) is 1.57. The van der Waals surface area contributed by atoms with Gasteiger partial charge in [-0.05, 0) is 18.2 Å². The first kappa shape index (κ1) is 9.00. The third-order valence-corrected chi connectivity index (χ3v) is 1.57. The van der Waals surface area contributed by atoms with E-state index in [4.69, 9.17) is 0 Å². The van der Waals surface area contributed by atoms with E-state index in [2.05, 4.69) is 23.9 Å². The van der Waals surface area contributed by atoms with Gasteiger partial charge in [0, 0.05) is 18.9 Å². The van der Waals surface area contributed by atoms with E-state index in [9.17, 15) is 0 Å². The topological polar surface area (TPSA) is 29.9 Å². The average molecular weight is 165 g/mol. The Kier molecular flexibility index (Phi) is 3.54. The molecule has 0 bridgehead atoms. The fraction of sp³-hybridized carbons (Fsp3) is 0.444. The van der Waals surface area contributed by atoms with Gasteiger partial charge in [0.15, 0.2) is 0 Å². The highest BCUT2D eigenvalue weighted by Gasteiger charge is 1.94. The summed E-state index contributed by atoms with van der Waals surface area (Å²) < 4.78 is 1.87. The van der Waals surface area contributed by atoms with E-state index in [0.29, 0.717) is 0 Å². The normalized spacial score (nSPS) is 10.1. The van der Waals surface area contributed by atoms with Crippen LogP contribution in [-0.2, 0) is 6.54 Å². The molecule has 3 nitrogen and oxygen atoms in total. The van der Waals surface area contributed by atoms with Crippen LogP contribution in [0.5, 0.6) is 0 Å². The summed E-state index contributed by atoms with van der Waals surface area (Å²) in [6, 6.07) is 1.92. The Morgan fingerprint density at radius 2 is 2.50 bits per heavy atom. The predicted molar refractivity (Wildman–Crippen MR) is 49.9 cm³/mol. The van der Waals surface area contributed by atoms with E-state index in [1.54, 1.807) is 6.20 Å². The number of likely N-dealkylation sites (N-methyl/N-ethyl adjacent to an activating group) is 1. The van der Waals surface area contributed by atoms with Crippen molar-refractivity contribution in [3.05, 3.63) is 30.6 Å². The second-order valence-corrected chi connectivity index (χ2v) is 2.73. The summed E-state index contributed by atoms with van der Waals surface area (Å²) in [6.07, 6.45) is 3.72. The van der Waals surface area contributed by atoms with Gasteiger partial charge in [-0.3, -0.25) is 4.68 Å². The maximum atomic E-state index is 4.09. The molecule has 0 atom stereocenters. The smallest absolute Gasteiger partial charge is 0.0628 e. The van der Waals surface area contributed by atoms with Crippen LogP contribution in [0.1, 0.15) is 6.92 Å². The van der Waals surface area contributed by atoms with E-state index < -0.39 is 0 Å². The van der Waals surface area contributed by atoms with Gasteiger partial charge < -0.3 is 5.32 Å². The zero-order valence-corrected chi connectivity index (χ0v) is 7.45. The maximum absolute atomic E-state index is 4.09. The first-order valence-electron chi connectivity index (χ1n) is 4.17. The van der Waals surface area contributed by atoms with Gasteiger partial charge in [-0.1, -0.05) is 13.5 Å². The van der Waals surface area contributed by atoms with E-state index in [-0.39, 0.29) is 0 Å². The van der Waals surface area contributed by atoms with Crippen molar-refractivity contribution in [3.63, 3.8) is 0 Å². The molecule has 1 N–H and O–H groups in total. The van der Waals surface area contributed by atoms with Gasteiger partial charge in [0.05, 0.1) is 6.54 Å². The Morgan fingerprint density at radius 1 is 1.67 bits per heavy atom. The molecule has 0 aliphatic rings. The highest BCUT2D eigenvalue weighted by Crippen LogP contribution is 1.93. The number of rotatable bonds is 5. The van der Waals surface area contributed by atoms with Crippen LogP contribution in [0, 0.1) is 0 Å². The molecule has 0 aromatic carbocycles. The molecule has 66 valence electrons. The van der Waals surface area contributed by atoms with Crippen molar-refractivity contribution in [1.82, 2.24) is 15.1 Å². The highest BCUT2D eigenvalue weighted by molar-refractivity contribution is 4.97. The standard InChI is InChI=1S/C9H15N3/c1-3-10-7-9(2)8-12-6-4-5-11-12/h4-6,10H,2-3,7-8H2,1H3. The molecule has 0 aliphatic heterocycles. The Balaban J connectivity index is 2.27. The van der Waals surface area contributed by atoms with Crippen molar-refractivity contribution in [2.75, 3.05) is 13.1 Å². The Hall–Kier alpha value is -1.09. The summed E-state index contributed by atoms with van der Waals surface area (Å²) in [6.45, 7) is 8.69. The lowest BCUT2D eigenvalue weighted by molar-refractivity contribution is 0.645. The number of hydrogen-bond acceptors (Lipinski definition) is 2. The van der Waals surface area contributed by atoms with Crippen molar-refractivity contribution in [2.45, 2.75) is 13.5 Å². The van der Waals surface area contributed by atoms with Crippen LogP contribution in [0.15, 0.2) is 30.6 Å². The molecule has 0 spiro atoms. The lowest BCUT2D eigenvalue weighted by Crippen LogP contribution is -2.18. The van der Waals surface area contributed by atoms with E-state index in [0.717, 1.165) is 25.2 Å². The highest BCUT2D eigenvalue weighted by atomic mass is 15.3. The summed E-state index contributed by atoms with van der Waals surface area (Å²) in [4.78, 5) is 0. The van der Waals surface area contributed by atoms with Crippen molar-refractivity contribution in [2.24, 2.45) is 0 Å². The molecular formula is C9H15N3. The minimum atomic E-state index is 0.806. The molecular weight excluding hydrogens is 150 g/mol. The molecule has 0 radical (unpaired) electrons. The fourth-order valence-corrected chi connectivity index (χ4v) is 0.981. The number of nitrogens with one attached hydrogen (secondary N) is 1. The van der Waals surface area contributed by atoms with Gasteiger partial charge in [0.1, 0.15) is 0 Å². The van der Waals surface area contributed by atoms with Crippen LogP contribution < -0.4 is 5.32 Å². The van der Waals surface area contributed by atoms with Crippen molar-refractivity contribution in [1.29, 1.82) is 0 Å². The van der Waals surface area contributed by atoms with Gasteiger partial charge in [-0.25, -0.2) is 0 Å². The first-order chi connectivity index (χ1) is 5.83. The molecule has 3 heteroatoms. The molecule has 0 fully saturated rings. The Morgan fingerprint density at radius 3 is 3.08 bits per heavy atom. The van der Waals surface area contributed by atoms with Crippen LogP contribution in [0.25, 0.3) is 0 Å². The molecule has 0 unspecified atom stereocenters. The maximum Gasteiger partial charge on any atom is 0.0628 e. The Labute approximate surface area is 73.1 Å². The van der Waals surface area contributed by atoms with Gasteiger partial charge in [0.2, 0.25) is 0 Å². The van der Waals surface area contributed by atoms with Crippen LogP contribution in [0.2, 0.25) is 0 Å². The monoisotopic (exact) mass is 165 g/mol. The number of nitrogens with zero attached hydrogens (tertiary/aromatic N) is 2. The molecule has 1 aromatic heterocycles. The second kappa shape index (κ2) is 4.72. The van der Waals surface area contributed by atoms with Crippen LogP contribution in [0.4, 0.5) is 0 Å². The van der Waals surface area contributed by atoms with Gasteiger partial charge >= 0.3 is 0 Å². The summed E-state index contributed by atoms with van der Waals surface area (Å²) in [5, 5.41) is 7.31. The minimum Gasteiger partial charge on any atom is -0.313 e. The van der Waals surface area contributed by atoms with Crippen molar-refractivity contribution in [3.8, 4) is 0 Å². The van der Waals surface area contributed by atoms with Gasteiger partial charge in [-0.2, -0.15) is 5.10 Å². The molecule has 0 saturated heterocycles. The lowest BCUT2D eigenvalue weighted by Gasteiger charge is -2.05. The molecule has 1 heterocycles. The quantitative estimate of drug-likeness (QED) is 0.661. The Bertz CT molecular complexity index is 226. The lowest BCUT2D eigenvalue weighted by atomic mass is 10.3. The number of aromatic nitrogens is 2. The largest absolute Gasteiger partial charge is 0.313 e. The SMILES string of the molecule is C=C(CNCC)Cn1cccn1. The fourth-order valence-electron chi connectivity index (χ4n) is 0.981. The third kappa shape index (κ3) is 2.88. The summed E-state index contributed by atoms with van der Waals surface area (Å²) in [5.74, 6) is 0. The van der Waals surface area contributed by atoms with Crippen molar-refractivity contribution >= 4 is 0 Å². The molecule has 12 heavy (non-hydrogen) atoms. The zero-order chi connectivity index (χ0) is 8.81. The minimum absolute atomic E-state index is 0.806. The average Bonchev–Trinajstić information content (AvgIpc) is 2.53. The van der Waals surface area contributed by atoms with Crippen molar-refractivity contribution < 1.29 is 0 Å². The summed E-state index contributed by atoms with van der Waals surface area (Å²) in [5.41, 5.74) is 1.15. The van der Waals surface area contributed by atoms with E-state index in [1.165, 1.54) is 0 Å². The molecule has 0 aliphatic carbocycles. The number of hydrogen-bond donors (Lipinski definition) is 1. The zero-order valence-electron chi connectivity index (χ0n) is 7.45. The van der Waals surface area contributed by atoms with Crippen LogP contribution in [0.3, 0.4) is 0 Å². The van der Waals surface area contributed by atoms with Gasteiger partial charge in [0.25, 0.3) is 0 Å². The molecule has 1 rings (SSSR count).